The van der Waals surface area contributed by atoms with Crippen LogP contribution < -0.4 is 0 Å². The zero-order valence-corrected chi connectivity index (χ0v) is 27.6. The number of benzene rings is 8. The minimum Gasteiger partial charge on any atom is -0.308 e. The van der Waals surface area contributed by atoms with Gasteiger partial charge in [-0.15, -0.1) is 0 Å². The van der Waals surface area contributed by atoms with Gasteiger partial charge in [0, 0.05) is 48.7 Å². The fraction of sp³-hybridized carbons (Fsp3) is 0.0204. The second kappa shape index (κ2) is 8.93. The topological polar surface area (TPSA) is 8.82 Å². The summed E-state index contributed by atoms with van der Waals surface area (Å²) in [7, 11) is 0. The van der Waals surface area contributed by atoms with Gasteiger partial charge in [-0.1, -0.05) is 152 Å². The van der Waals surface area contributed by atoms with Crippen molar-refractivity contribution in [3.8, 4) is 11.1 Å². The highest BCUT2D eigenvalue weighted by Crippen LogP contribution is 2.59. The summed E-state index contributed by atoms with van der Waals surface area (Å²) in [5, 5.41) is 10.6. The van der Waals surface area contributed by atoms with E-state index in [0.29, 0.717) is 0 Å². The quantitative estimate of drug-likeness (QED) is 0.177. The van der Waals surface area contributed by atoms with E-state index < -0.39 is 5.41 Å². The molecule has 0 spiro atoms. The lowest BCUT2D eigenvalue weighted by Crippen LogP contribution is -2.28. The van der Waals surface area contributed by atoms with Gasteiger partial charge in [-0.3, -0.25) is 0 Å². The fourth-order valence-electron chi connectivity index (χ4n) is 10.5. The largest absolute Gasteiger partial charge is 0.308 e. The first kappa shape index (κ1) is 26.3. The first-order chi connectivity index (χ1) is 25.4. The Labute approximate surface area is 292 Å². The van der Waals surface area contributed by atoms with Gasteiger partial charge in [-0.2, -0.15) is 0 Å². The molecule has 0 unspecified atom stereocenters. The van der Waals surface area contributed by atoms with Crippen molar-refractivity contribution in [1.82, 2.24) is 8.80 Å². The van der Waals surface area contributed by atoms with Crippen LogP contribution in [0, 0.1) is 0 Å². The molecule has 234 valence electrons. The number of nitrogens with zero attached hydrogens (tertiary/aromatic N) is 2. The van der Waals surface area contributed by atoms with Gasteiger partial charge in [0.1, 0.15) is 0 Å². The lowest BCUT2D eigenvalue weighted by molar-refractivity contribution is 0.769. The van der Waals surface area contributed by atoms with E-state index in [0.717, 1.165) is 0 Å². The van der Waals surface area contributed by atoms with Gasteiger partial charge in [-0.05, 0) is 46.0 Å². The number of hydrogen-bond acceptors (Lipinski definition) is 0. The summed E-state index contributed by atoms with van der Waals surface area (Å²) < 4.78 is 5.15. The molecule has 0 saturated heterocycles. The molecule has 13 rings (SSSR count). The molecule has 0 aliphatic heterocycles. The summed E-state index contributed by atoms with van der Waals surface area (Å²) in [6.45, 7) is 0. The Balaban J connectivity index is 1.32. The molecule has 12 aromatic rings. The molecule has 0 fully saturated rings. The highest BCUT2D eigenvalue weighted by Gasteiger charge is 2.47. The molecule has 0 radical (unpaired) electrons. The predicted octanol–water partition coefficient (Wildman–Crippen LogP) is 12.3. The molecule has 0 bridgehead atoms. The average Bonchev–Trinajstić information content (AvgIpc) is 3.98. The minimum atomic E-state index is -0.453. The third kappa shape index (κ3) is 2.85. The van der Waals surface area contributed by atoms with Gasteiger partial charge in [0.15, 0.2) is 0 Å². The van der Waals surface area contributed by atoms with E-state index in [1.807, 2.05) is 0 Å². The molecular weight excluding hydrogens is 617 g/mol. The van der Waals surface area contributed by atoms with Crippen LogP contribution in [0.4, 0.5) is 0 Å². The molecular formula is C49H28N2. The maximum atomic E-state index is 2.61. The number of aromatic nitrogens is 2. The van der Waals surface area contributed by atoms with Crippen molar-refractivity contribution in [2.75, 3.05) is 0 Å². The van der Waals surface area contributed by atoms with E-state index in [1.165, 1.54) is 110 Å². The van der Waals surface area contributed by atoms with Gasteiger partial charge in [-0.25, -0.2) is 0 Å². The molecule has 0 N–H and O–H groups in total. The Hall–Kier alpha value is -6.64. The number of hydrogen-bond donors (Lipinski definition) is 0. The van der Waals surface area contributed by atoms with E-state index in [-0.39, 0.29) is 0 Å². The maximum absolute atomic E-state index is 2.61. The summed E-state index contributed by atoms with van der Waals surface area (Å²) >= 11 is 0. The molecule has 51 heavy (non-hydrogen) atoms. The van der Waals surface area contributed by atoms with Crippen LogP contribution in [-0.2, 0) is 5.41 Å². The first-order valence-electron chi connectivity index (χ1n) is 17.9. The molecule has 0 amide bonds. The van der Waals surface area contributed by atoms with Crippen LogP contribution in [0.3, 0.4) is 0 Å². The second-order valence-electron chi connectivity index (χ2n) is 14.4. The van der Waals surface area contributed by atoms with Crippen molar-refractivity contribution >= 4 is 76.2 Å². The van der Waals surface area contributed by atoms with Gasteiger partial charge in [0.25, 0.3) is 0 Å². The Morgan fingerprint density at radius 2 is 0.922 bits per heavy atom. The standard InChI is InChI=1S/C49H28N2/c1-3-14-29(15-4-1)49(30-16-5-2-6-17-30)38-23-10-7-20-34(38)43-39(49)27-26-36-45-44-35-22-13-21-33-31-18-8-11-24-40(31)50(46(33)35)42(44)28-37-32-19-9-12-25-41(32)51(47(36)43)48(37)45/h1-28H. The van der Waals surface area contributed by atoms with E-state index in [1.54, 1.807) is 0 Å². The van der Waals surface area contributed by atoms with Gasteiger partial charge < -0.3 is 8.80 Å². The summed E-state index contributed by atoms with van der Waals surface area (Å²) in [6.07, 6.45) is 0. The molecule has 8 aromatic carbocycles. The second-order valence-corrected chi connectivity index (χ2v) is 14.4. The number of para-hydroxylation sites is 3. The predicted molar refractivity (Wildman–Crippen MR) is 213 cm³/mol. The summed E-state index contributed by atoms with van der Waals surface area (Å²) in [5.41, 5.74) is 15.2. The molecule has 1 aliphatic carbocycles. The summed E-state index contributed by atoms with van der Waals surface area (Å²) in [4.78, 5) is 0. The highest BCUT2D eigenvalue weighted by molar-refractivity contribution is 6.38. The molecule has 2 nitrogen and oxygen atoms in total. The van der Waals surface area contributed by atoms with Crippen molar-refractivity contribution in [2.24, 2.45) is 0 Å². The van der Waals surface area contributed by atoms with Gasteiger partial charge >= 0.3 is 0 Å². The van der Waals surface area contributed by atoms with Crippen LogP contribution in [-0.4, -0.2) is 8.80 Å². The third-order valence-electron chi connectivity index (χ3n) is 12.2. The number of fused-ring (bicyclic) bond motifs is 17. The monoisotopic (exact) mass is 644 g/mol. The van der Waals surface area contributed by atoms with E-state index in [2.05, 4.69) is 179 Å². The van der Waals surface area contributed by atoms with Crippen molar-refractivity contribution < 1.29 is 0 Å². The molecule has 4 heterocycles. The SMILES string of the molecule is c1ccc(C2(c3ccccc3)c3ccccc3-c3c2ccc2c4c5c6cccc7c8ccccc8n(c5cc5c8ccccc8n(c32)c54)c76)cc1. The fourth-order valence-corrected chi connectivity index (χ4v) is 10.5. The van der Waals surface area contributed by atoms with E-state index in [4.69, 9.17) is 0 Å². The van der Waals surface area contributed by atoms with E-state index in [9.17, 15) is 0 Å². The number of rotatable bonds is 2. The average molecular weight is 645 g/mol. The minimum absolute atomic E-state index is 0.453. The normalized spacial score (nSPS) is 14.0. The first-order valence-corrected chi connectivity index (χ1v) is 17.9. The van der Waals surface area contributed by atoms with Crippen LogP contribution in [0.2, 0.25) is 0 Å². The molecule has 1 aliphatic rings. The van der Waals surface area contributed by atoms with Crippen LogP contribution in [0.5, 0.6) is 0 Å². The zero-order valence-electron chi connectivity index (χ0n) is 27.6. The lowest BCUT2D eigenvalue weighted by Gasteiger charge is -2.33. The van der Waals surface area contributed by atoms with Crippen molar-refractivity contribution in [1.29, 1.82) is 0 Å². The van der Waals surface area contributed by atoms with Crippen LogP contribution >= 0.6 is 0 Å². The van der Waals surface area contributed by atoms with Gasteiger partial charge in [0.2, 0.25) is 0 Å². The third-order valence-corrected chi connectivity index (χ3v) is 12.2. The molecule has 0 saturated carbocycles. The molecule has 0 atom stereocenters. The van der Waals surface area contributed by atoms with Crippen molar-refractivity contribution in [2.45, 2.75) is 5.41 Å². The molecule has 4 aromatic heterocycles. The zero-order chi connectivity index (χ0) is 33.0. The van der Waals surface area contributed by atoms with Crippen LogP contribution in [0.1, 0.15) is 22.3 Å². The van der Waals surface area contributed by atoms with Crippen LogP contribution in [0.25, 0.3) is 87.3 Å². The Morgan fingerprint density at radius 3 is 1.69 bits per heavy atom. The summed E-state index contributed by atoms with van der Waals surface area (Å²) in [6, 6.07) is 63.6. The maximum Gasteiger partial charge on any atom is 0.0714 e. The van der Waals surface area contributed by atoms with Gasteiger partial charge in [0.05, 0.1) is 38.5 Å². The Kier molecular flexibility index (Phi) is 4.60. The van der Waals surface area contributed by atoms with E-state index >= 15 is 0 Å². The lowest BCUT2D eigenvalue weighted by atomic mass is 9.67. The van der Waals surface area contributed by atoms with Crippen LogP contribution in [0.15, 0.2) is 170 Å². The summed E-state index contributed by atoms with van der Waals surface area (Å²) in [5.74, 6) is 0. The smallest absolute Gasteiger partial charge is 0.0714 e. The Bertz CT molecular complexity index is 3360. The molecule has 2 heteroatoms. The van der Waals surface area contributed by atoms with Crippen molar-refractivity contribution in [3.63, 3.8) is 0 Å². The Morgan fingerprint density at radius 1 is 0.333 bits per heavy atom. The highest BCUT2D eigenvalue weighted by atomic mass is 14.9. The van der Waals surface area contributed by atoms with Crippen molar-refractivity contribution in [3.05, 3.63) is 192 Å².